The van der Waals surface area contributed by atoms with Gasteiger partial charge in [0.25, 0.3) is 0 Å². The molecule has 0 aliphatic rings. The number of nitriles is 1. The molecular formula is C10H8Cl2N4O. The Kier molecular flexibility index (Phi) is 5.27. The van der Waals surface area contributed by atoms with Crippen LogP contribution in [0.5, 0.6) is 0 Å². The fraction of sp³-hybridized carbons (Fsp3) is 0.100. The molecule has 1 rings (SSSR count). The monoisotopic (exact) mass is 270 g/mol. The van der Waals surface area contributed by atoms with Gasteiger partial charge in [0, 0.05) is 5.02 Å². The topological polar surface area (TPSA) is 69.8 Å². The molecule has 0 atom stereocenters. The molecule has 0 aliphatic heterocycles. The van der Waals surface area contributed by atoms with Crippen molar-refractivity contribution in [2.24, 2.45) is 10.3 Å². The maximum absolute atomic E-state index is 8.72. The summed E-state index contributed by atoms with van der Waals surface area (Å²) in [5, 5.41) is 16.9. The van der Waals surface area contributed by atoms with E-state index in [1.54, 1.807) is 18.2 Å². The molecule has 0 fully saturated rings. The highest BCUT2D eigenvalue weighted by Crippen LogP contribution is 2.25. The number of hydrogen-bond acceptors (Lipinski definition) is 5. The Hall–Kier alpha value is -1.77. The molecule has 0 amide bonds. The van der Waals surface area contributed by atoms with Crippen molar-refractivity contribution < 1.29 is 4.84 Å². The van der Waals surface area contributed by atoms with Gasteiger partial charge >= 0.3 is 0 Å². The molecule has 0 aromatic heterocycles. The third-order valence-corrected chi connectivity index (χ3v) is 2.17. The number of halogens is 2. The number of nitrogens with one attached hydrogen (secondary N) is 1. The summed E-state index contributed by atoms with van der Waals surface area (Å²) < 4.78 is 0. The average molecular weight is 271 g/mol. The van der Waals surface area contributed by atoms with Crippen LogP contribution in [0.2, 0.25) is 10.0 Å². The zero-order valence-corrected chi connectivity index (χ0v) is 10.3. The van der Waals surface area contributed by atoms with Crippen LogP contribution in [0.4, 0.5) is 5.69 Å². The molecule has 0 radical (unpaired) electrons. The smallest absolute Gasteiger partial charge is 0.182 e. The Labute approximate surface area is 108 Å². The van der Waals surface area contributed by atoms with Gasteiger partial charge in [-0.05, 0) is 18.2 Å². The van der Waals surface area contributed by atoms with Gasteiger partial charge in [-0.3, -0.25) is 5.43 Å². The van der Waals surface area contributed by atoms with Crippen LogP contribution in [0.1, 0.15) is 0 Å². The van der Waals surface area contributed by atoms with Crippen molar-refractivity contribution in [2.45, 2.75) is 0 Å². The van der Waals surface area contributed by atoms with E-state index in [0.29, 0.717) is 15.7 Å². The highest BCUT2D eigenvalue weighted by atomic mass is 35.5. The quantitative estimate of drug-likeness (QED) is 0.676. The van der Waals surface area contributed by atoms with Gasteiger partial charge in [0.1, 0.15) is 19.4 Å². The zero-order chi connectivity index (χ0) is 12.7. The normalized spacial score (nSPS) is 11.3. The van der Waals surface area contributed by atoms with Crippen LogP contribution >= 0.6 is 23.2 Å². The lowest BCUT2D eigenvalue weighted by molar-refractivity contribution is 0.216. The van der Waals surface area contributed by atoms with E-state index in [9.17, 15) is 0 Å². The van der Waals surface area contributed by atoms with Gasteiger partial charge in [0.05, 0.1) is 10.7 Å². The van der Waals surface area contributed by atoms with Crippen molar-refractivity contribution in [3.05, 3.63) is 28.2 Å². The van der Waals surface area contributed by atoms with E-state index in [0.717, 1.165) is 0 Å². The van der Waals surface area contributed by atoms with E-state index < -0.39 is 0 Å². The molecule has 88 valence electrons. The molecule has 1 N–H and O–H groups in total. The number of hydrogen-bond donors (Lipinski definition) is 1. The first-order valence-corrected chi connectivity index (χ1v) is 5.18. The molecule has 0 unspecified atom stereocenters. The molecule has 0 bridgehead atoms. The first-order chi connectivity index (χ1) is 8.17. The van der Waals surface area contributed by atoms with Crippen LogP contribution in [0.3, 0.4) is 0 Å². The third kappa shape index (κ3) is 4.31. The number of benzene rings is 1. The second-order valence-electron chi connectivity index (χ2n) is 2.76. The summed E-state index contributed by atoms with van der Waals surface area (Å²) in [6.45, 7) is 0. The predicted octanol–water partition coefficient (Wildman–Crippen LogP) is 2.92. The van der Waals surface area contributed by atoms with E-state index in [1.165, 1.54) is 13.3 Å². The van der Waals surface area contributed by atoms with E-state index in [4.69, 9.17) is 28.5 Å². The molecule has 17 heavy (non-hydrogen) atoms. The highest BCUT2D eigenvalue weighted by Gasteiger charge is 2.00. The molecule has 1 aromatic rings. The molecule has 0 heterocycles. The Bertz CT molecular complexity index is 494. The lowest BCUT2D eigenvalue weighted by atomic mass is 10.3. The molecular weight excluding hydrogens is 263 g/mol. The molecule has 7 heteroatoms. The van der Waals surface area contributed by atoms with Crippen molar-refractivity contribution >= 4 is 40.8 Å². The molecule has 5 nitrogen and oxygen atoms in total. The second-order valence-corrected chi connectivity index (χ2v) is 3.61. The zero-order valence-electron chi connectivity index (χ0n) is 8.82. The van der Waals surface area contributed by atoms with Gasteiger partial charge in [-0.15, -0.1) is 0 Å². The Morgan fingerprint density at radius 1 is 1.53 bits per heavy atom. The minimum atomic E-state index is 0.0536. The molecule has 0 spiro atoms. The Morgan fingerprint density at radius 2 is 2.29 bits per heavy atom. The van der Waals surface area contributed by atoms with Crippen molar-refractivity contribution in [3.63, 3.8) is 0 Å². The largest absolute Gasteiger partial charge is 0.399 e. The number of hydrazone groups is 1. The van der Waals surface area contributed by atoms with E-state index in [-0.39, 0.29) is 5.71 Å². The van der Waals surface area contributed by atoms with Gasteiger partial charge in [-0.1, -0.05) is 28.4 Å². The van der Waals surface area contributed by atoms with Gasteiger partial charge in [-0.2, -0.15) is 10.4 Å². The summed E-state index contributed by atoms with van der Waals surface area (Å²) in [4.78, 5) is 4.43. The number of nitrogens with zero attached hydrogens (tertiary/aromatic N) is 3. The Balaban J connectivity index is 2.81. The van der Waals surface area contributed by atoms with Crippen LogP contribution in [0, 0.1) is 11.3 Å². The average Bonchev–Trinajstić information content (AvgIpc) is 2.31. The summed E-state index contributed by atoms with van der Waals surface area (Å²) in [5.41, 5.74) is 3.22. The second kappa shape index (κ2) is 6.74. The third-order valence-electron chi connectivity index (χ3n) is 1.62. The first-order valence-electron chi connectivity index (χ1n) is 4.42. The van der Waals surface area contributed by atoms with E-state index >= 15 is 0 Å². The SMILES string of the molecule is CO/N=C/C(C#N)=N\Nc1ccc(Cl)cc1Cl. The molecule has 0 saturated heterocycles. The van der Waals surface area contributed by atoms with E-state index in [2.05, 4.69) is 20.5 Å². The summed E-state index contributed by atoms with van der Waals surface area (Å²) >= 11 is 11.6. The maximum Gasteiger partial charge on any atom is 0.182 e. The van der Waals surface area contributed by atoms with Gasteiger partial charge in [0.15, 0.2) is 5.71 Å². The number of rotatable bonds is 4. The highest BCUT2D eigenvalue weighted by molar-refractivity contribution is 6.38. The Morgan fingerprint density at radius 3 is 2.88 bits per heavy atom. The predicted molar refractivity (Wildman–Crippen MR) is 68.6 cm³/mol. The van der Waals surface area contributed by atoms with Crippen LogP contribution < -0.4 is 5.43 Å². The van der Waals surface area contributed by atoms with Gasteiger partial charge in [-0.25, -0.2) is 0 Å². The fourth-order valence-corrected chi connectivity index (χ4v) is 1.34. The maximum atomic E-state index is 8.72. The van der Waals surface area contributed by atoms with Crippen molar-refractivity contribution in [2.75, 3.05) is 12.5 Å². The van der Waals surface area contributed by atoms with Crippen molar-refractivity contribution in [3.8, 4) is 6.07 Å². The molecule has 0 saturated carbocycles. The van der Waals surface area contributed by atoms with Gasteiger partial charge in [0.2, 0.25) is 0 Å². The van der Waals surface area contributed by atoms with Gasteiger partial charge < -0.3 is 4.84 Å². The lowest BCUT2D eigenvalue weighted by Gasteiger charge is -2.02. The van der Waals surface area contributed by atoms with Crippen LogP contribution in [-0.4, -0.2) is 19.0 Å². The molecule has 0 aliphatic carbocycles. The molecule has 1 aromatic carbocycles. The van der Waals surface area contributed by atoms with Crippen LogP contribution in [0.25, 0.3) is 0 Å². The first kappa shape index (κ1) is 13.3. The summed E-state index contributed by atoms with van der Waals surface area (Å²) in [6.07, 6.45) is 1.18. The number of anilines is 1. The van der Waals surface area contributed by atoms with E-state index in [1.807, 2.05) is 6.07 Å². The van der Waals surface area contributed by atoms with Crippen molar-refractivity contribution in [1.29, 1.82) is 5.26 Å². The minimum Gasteiger partial charge on any atom is -0.399 e. The summed E-state index contributed by atoms with van der Waals surface area (Å²) in [5.74, 6) is 0. The number of oxime groups is 1. The fourth-order valence-electron chi connectivity index (χ4n) is 0.886. The standard InChI is InChI=1S/C10H8Cl2N4O/c1-17-14-6-8(5-13)15-16-10-3-2-7(11)4-9(10)12/h2-4,6,16H,1H3/b14-6+,15-8-. The van der Waals surface area contributed by atoms with Crippen LogP contribution in [-0.2, 0) is 4.84 Å². The lowest BCUT2D eigenvalue weighted by Crippen LogP contribution is -2.01. The van der Waals surface area contributed by atoms with Crippen molar-refractivity contribution in [1.82, 2.24) is 0 Å². The summed E-state index contributed by atoms with van der Waals surface area (Å²) in [7, 11) is 1.37. The van der Waals surface area contributed by atoms with Crippen LogP contribution in [0.15, 0.2) is 28.5 Å². The summed E-state index contributed by atoms with van der Waals surface area (Å²) in [6, 6.07) is 6.70. The minimum absolute atomic E-state index is 0.0536.